The molecule has 0 spiro atoms. The van der Waals surface area contributed by atoms with Gasteiger partial charge < -0.3 is 4.90 Å². The van der Waals surface area contributed by atoms with Gasteiger partial charge in [-0.05, 0) is 18.4 Å². The fraction of sp³-hybridized carbons (Fsp3) is 0.231. The van der Waals surface area contributed by atoms with E-state index in [-0.39, 0.29) is 5.91 Å². The minimum Gasteiger partial charge on any atom is -0.333 e. The van der Waals surface area contributed by atoms with Crippen LogP contribution in [0.1, 0.15) is 22.1 Å². The maximum absolute atomic E-state index is 12.3. The highest BCUT2D eigenvalue weighted by atomic mass is 32.1. The highest BCUT2D eigenvalue weighted by Gasteiger charge is 2.17. The van der Waals surface area contributed by atoms with Crippen molar-refractivity contribution >= 4 is 28.6 Å². The zero-order valence-electron chi connectivity index (χ0n) is 11.5. The molecule has 8 heteroatoms. The average Bonchev–Trinajstić information content (AvgIpc) is 3.18. The van der Waals surface area contributed by atoms with E-state index in [0.29, 0.717) is 18.1 Å². The molecule has 0 aliphatic carbocycles. The topological polar surface area (TPSA) is 74.8 Å². The van der Waals surface area contributed by atoms with Gasteiger partial charge in [0.25, 0.3) is 5.91 Å². The number of aromatic amines is 1. The highest BCUT2D eigenvalue weighted by Crippen LogP contribution is 2.28. The van der Waals surface area contributed by atoms with E-state index in [4.69, 9.17) is 0 Å². The molecule has 108 valence electrons. The smallest absolute Gasteiger partial charge is 0.273 e. The predicted octanol–water partition coefficient (Wildman–Crippen LogP) is 2.57. The number of amides is 1. The Morgan fingerprint density at radius 1 is 1.38 bits per heavy atom. The van der Waals surface area contributed by atoms with E-state index >= 15 is 0 Å². The van der Waals surface area contributed by atoms with E-state index in [1.54, 1.807) is 28.7 Å². The second-order valence-corrected chi connectivity index (χ2v) is 6.32. The Bertz CT molecular complexity index is 746. The van der Waals surface area contributed by atoms with Gasteiger partial charge in [-0.25, -0.2) is 9.97 Å². The first kappa shape index (κ1) is 13.9. The first-order valence-corrected chi connectivity index (χ1v) is 8.02. The summed E-state index contributed by atoms with van der Waals surface area (Å²) in [6, 6.07) is 3.97. The molecule has 1 amide bonds. The first-order chi connectivity index (χ1) is 10.1. The van der Waals surface area contributed by atoms with Gasteiger partial charge in [-0.2, -0.15) is 5.10 Å². The number of thiazole rings is 1. The Hall–Kier alpha value is -2.06. The molecule has 0 aromatic carbocycles. The zero-order valence-corrected chi connectivity index (χ0v) is 13.2. The van der Waals surface area contributed by atoms with E-state index in [2.05, 4.69) is 20.2 Å². The van der Waals surface area contributed by atoms with Crippen LogP contribution in [-0.2, 0) is 6.54 Å². The summed E-state index contributed by atoms with van der Waals surface area (Å²) in [7, 11) is 1.72. The highest BCUT2D eigenvalue weighted by molar-refractivity contribution is 7.20. The summed E-state index contributed by atoms with van der Waals surface area (Å²) in [6.07, 6.45) is 0. The fourth-order valence-electron chi connectivity index (χ4n) is 1.82. The van der Waals surface area contributed by atoms with Gasteiger partial charge in [0.05, 0.1) is 11.4 Å². The van der Waals surface area contributed by atoms with Crippen molar-refractivity contribution in [2.24, 2.45) is 0 Å². The van der Waals surface area contributed by atoms with Gasteiger partial charge in [-0.3, -0.25) is 9.89 Å². The Labute approximate surface area is 129 Å². The fourth-order valence-corrected chi connectivity index (χ4v) is 3.43. The number of thiophene rings is 1. The van der Waals surface area contributed by atoms with Crippen molar-refractivity contribution in [2.45, 2.75) is 13.5 Å². The Morgan fingerprint density at radius 2 is 2.24 bits per heavy atom. The molecule has 0 saturated heterocycles. The SMILES string of the molecule is Cc1nc(CN(C)C(=O)c2csc(-c3cccs3)n2)n[nH]1. The van der Waals surface area contributed by atoms with Crippen LogP contribution in [0.4, 0.5) is 0 Å². The van der Waals surface area contributed by atoms with E-state index in [1.165, 1.54) is 11.3 Å². The van der Waals surface area contributed by atoms with Crippen molar-refractivity contribution < 1.29 is 4.79 Å². The summed E-state index contributed by atoms with van der Waals surface area (Å²) in [5.74, 6) is 1.20. The number of nitrogens with zero attached hydrogens (tertiary/aromatic N) is 4. The van der Waals surface area contributed by atoms with E-state index in [0.717, 1.165) is 15.7 Å². The maximum Gasteiger partial charge on any atom is 0.273 e. The Morgan fingerprint density at radius 3 is 2.90 bits per heavy atom. The van der Waals surface area contributed by atoms with Crippen molar-refractivity contribution in [3.8, 4) is 9.88 Å². The number of H-pyrrole nitrogens is 1. The normalized spacial score (nSPS) is 10.8. The standard InChI is InChI=1S/C13H13N5OS2/c1-8-14-11(17-16-8)6-18(2)13(19)9-7-21-12(15-9)10-4-3-5-20-10/h3-5,7H,6H2,1-2H3,(H,14,16,17). The molecule has 0 saturated carbocycles. The zero-order chi connectivity index (χ0) is 14.8. The van der Waals surface area contributed by atoms with Crippen LogP contribution in [-0.4, -0.2) is 38.0 Å². The number of carbonyl (C=O) groups is 1. The summed E-state index contributed by atoms with van der Waals surface area (Å²) < 4.78 is 0. The van der Waals surface area contributed by atoms with Gasteiger partial charge in [0, 0.05) is 12.4 Å². The lowest BCUT2D eigenvalue weighted by Gasteiger charge is -2.13. The predicted molar refractivity (Wildman–Crippen MR) is 82.3 cm³/mol. The quantitative estimate of drug-likeness (QED) is 0.802. The number of rotatable bonds is 4. The molecule has 21 heavy (non-hydrogen) atoms. The van der Waals surface area contributed by atoms with Crippen molar-refractivity contribution in [2.75, 3.05) is 7.05 Å². The van der Waals surface area contributed by atoms with E-state index in [9.17, 15) is 4.79 Å². The first-order valence-electron chi connectivity index (χ1n) is 6.26. The average molecular weight is 319 g/mol. The van der Waals surface area contributed by atoms with Crippen LogP contribution in [0.3, 0.4) is 0 Å². The van der Waals surface area contributed by atoms with Gasteiger partial charge in [0.15, 0.2) is 5.82 Å². The van der Waals surface area contributed by atoms with Gasteiger partial charge in [-0.15, -0.1) is 22.7 Å². The van der Waals surface area contributed by atoms with Crippen molar-refractivity contribution in [3.63, 3.8) is 0 Å². The third kappa shape index (κ3) is 3.01. The van der Waals surface area contributed by atoms with Gasteiger partial charge >= 0.3 is 0 Å². The molecule has 1 N–H and O–H groups in total. The van der Waals surface area contributed by atoms with Crippen LogP contribution in [0.2, 0.25) is 0 Å². The second-order valence-electron chi connectivity index (χ2n) is 4.51. The molecule has 0 radical (unpaired) electrons. The number of aromatic nitrogens is 4. The lowest BCUT2D eigenvalue weighted by atomic mass is 10.4. The van der Waals surface area contributed by atoms with Crippen LogP contribution in [0.15, 0.2) is 22.9 Å². The van der Waals surface area contributed by atoms with Crippen LogP contribution in [0.5, 0.6) is 0 Å². The summed E-state index contributed by atoms with van der Waals surface area (Å²) in [5.41, 5.74) is 0.457. The van der Waals surface area contributed by atoms with Crippen molar-refractivity contribution in [1.29, 1.82) is 0 Å². The van der Waals surface area contributed by atoms with Crippen LogP contribution in [0.25, 0.3) is 9.88 Å². The number of nitrogens with one attached hydrogen (secondary N) is 1. The van der Waals surface area contributed by atoms with Gasteiger partial charge in [0.2, 0.25) is 0 Å². The maximum atomic E-state index is 12.3. The summed E-state index contributed by atoms with van der Waals surface area (Å²) in [6.45, 7) is 2.18. The largest absolute Gasteiger partial charge is 0.333 e. The molecule has 6 nitrogen and oxygen atoms in total. The molecule has 0 atom stereocenters. The lowest BCUT2D eigenvalue weighted by Crippen LogP contribution is -2.27. The van der Waals surface area contributed by atoms with Gasteiger partial charge in [-0.1, -0.05) is 6.07 Å². The molecule has 3 rings (SSSR count). The van der Waals surface area contributed by atoms with Crippen LogP contribution in [0, 0.1) is 6.92 Å². The molecule has 3 aromatic heterocycles. The Balaban J connectivity index is 1.72. The summed E-state index contributed by atoms with van der Waals surface area (Å²) in [5, 5.41) is 11.5. The monoisotopic (exact) mass is 319 g/mol. The molecule has 0 fully saturated rings. The summed E-state index contributed by atoms with van der Waals surface area (Å²) in [4.78, 5) is 23.6. The lowest BCUT2D eigenvalue weighted by molar-refractivity contribution is 0.0776. The van der Waals surface area contributed by atoms with Crippen LogP contribution >= 0.6 is 22.7 Å². The molecule has 0 aliphatic rings. The van der Waals surface area contributed by atoms with Gasteiger partial charge in [0.1, 0.15) is 16.5 Å². The molecule has 3 heterocycles. The number of hydrogen-bond donors (Lipinski definition) is 1. The number of hydrogen-bond acceptors (Lipinski definition) is 6. The van der Waals surface area contributed by atoms with E-state index < -0.39 is 0 Å². The van der Waals surface area contributed by atoms with Crippen LogP contribution < -0.4 is 0 Å². The Kier molecular flexibility index (Phi) is 3.80. The summed E-state index contributed by atoms with van der Waals surface area (Å²) >= 11 is 3.09. The molecule has 0 unspecified atom stereocenters. The minimum absolute atomic E-state index is 0.128. The molecule has 3 aromatic rings. The number of carbonyl (C=O) groups excluding carboxylic acids is 1. The second kappa shape index (κ2) is 5.74. The third-order valence-corrected chi connectivity index (χ3v) is 4.71. The molecular weight excluding hydrogens is 306 g/mol. The van der Waals surface area contributed by atoms with E-state index in [1.807, 2.05) is 24.4 Å². The van der Waals surface area contributed by atoms with Crippen molar-refractivity contribution in [3.05, 3.63) is 40.2 Å². The van der Waals surface area contributed by atoms with Crippen molar-refractivity contribution in [1.82, 2.24) is 25.1 Å². The third-order valence-electron chi connectivity index (χ3n) is 2.82. The molecular formula is C13H13N5OS2. The number of aryl methyl sites for hydroxylation is 1. The molecule has 0 bridgehead atoms. The minimum atomic E-state index is -0.128. The molecule has 0 aliphatic heterocycles.